The number of piperidine rings is 1. The molecule has 1 aliphatic carbocycles. The predicted molar refractivity (Wildman–Crippen MR) is 77.9 cm³/mol. The summed E-state index contributed by atoms with van der Waals surface area (Å²) in [7, 11) is 0. The number of nitrogens with one attached hydrogen (secondary N) is 1. The predicted octanol–water partition coefficient (Wildman–Crippen LogP) is 0.879. The van der Waals surface area contributed by atoms with Crippen LogP contribution in [0.1, 0.15) is 46.0 Å². The van der Waals surface area contributed by atoms with E-state index in [4.69, 9.17) is 5.73 Å². The fraction of sp³-hybridized carbons (Fsp3) is 0.867. The van der Waals surface area contributed by atoms with Gasteiger partial charge in [-0.25, -0.2) is 0 Å². The summed E-state index contributed by atoms with van der Waals surface area (Å²) in [6, 6.07) is 0.183. The van der Waals surface area contributed by atoms with Crippen molar-refractivity contribution in [3.05, 3.63) is 0 Å². The van der Waals surface area contributed by atoms with Crippen LogP contribution in [-0.4, -0.2) is 42.4 Å². The highest BCUT2D eigenvalue weighted by Crippen LogP contribution is 2.32. The van der Waals surface area contributed by atoms with Gasteiger partial charge in [-0.05, 0) is 39.0 Å². The lowest BCUT2D eigenvalue weighted by atomic mass is 9.86. The van der Waals surface area contributed by atoms with Gasteiger partial charge < -0.3 is 16.0 Å². The van der Waals surface area contributed by atoms with E-state index in [0.717, 1.165) is 45.2 Å². The molecule has 2 rings (SSSR count). The second-order valence-corrected chi connectivity index (χ2v) is 6.47. The van der Waals surface area contributed by atoms with Crippen LogP contribution in [0, 0.1) is 11.3 Å². The van der Waals surface area contributed by atoms with Crippen LogP contribution in [0.4, 0.5) is 0 Å². The minimum absolute atomic E-state index is 0.0504. The SMILES string of the molecule is CCC(C)(CN)C(=O)NC1CCN(C(=O)C2CC2)CC1. The molecule has 0 bridgehead atoms. The smallest absolute Gasteiger partial charge is 0.227 e. The van der Waals surface area contributed by atoms with Crippen LogP contribution < -0.4 is 11.1 Å². The largest absolute Gasteiger partial charge is 0.353 e. The van der Waals surface area contributed by atoms with Crippen molar-refractivity contribution < 1.29 is 9.59 Å². The first-order valence-electron chi connectivity index (χ1n) is 7.80. The minimum atomic E-state index is -0.471. The molecule has 5 heteroatoms. The Hall–Kier alpha value is -1.10. The second kappa shape index (κ2) is 6.12. The Labute approximate surface area is 121 Å². The molecule has 0 radical (unpaired) electrons. The minimum Gasteiger partial charge on any atom is -0.353 e. The quantitative estimate of drug-likeness (QED) is 0.785. The molecule has 5 nitrogen and oxygen atoms in total. The molecule has 1 atom stereocenters. The number of amides is 2. The second-order valence-electron chi connectivity index (χ2n) is 6.47. The van der Waals surface area contributed by atoms with Crippen LogP contribution in [0.5, 0.6) is 0 Å². The van der Waals surface area contributed by atoms with Crippen LogP contribution in [0.3, 0.4) is 0 Å². The third-order valence-corrected chi connectivity index (χ3v) is 4.85. The van der Waals surface area contributed by atoms with Crippen molar-refractivity contribution in [1.29, 1.82) is 0 Å². The summed E-state index contributed by atoms with van der Waals surface area (Å²) in [4.78, 5) is 26.2. The van der Waals surface area contributed by atoms with Gasteiger partial charge in [-0.15, -0.1) is 0 Å². The third kappa shape index (κ3) is 3.32. The summed E-state index contributed by atoms with van der Waals surface area (Å²) in [6.07, 6.45) is 4.57. The molecule has 1 unspecified atom stereocenters. The van der Waals surface area contributed by atoms with Crippen LogP contribution >= 0.6 is 0 Å². The van der Waals surface area contributed by atoms with E-state index >= 15 is 0 Å². The third-order valence-electron chi connectivity index (χ3n) is 4.85. The zero-order valence-corrected chi connectivity index (χ0v) is 12.7. The topological polar surface area (TPSA) is 75.4 Å². The highest BCUT2D eigenvalue weighted by molar-refractivity contribution is 5.83. The Morgan fingerprint density at radius 2 is 1.85 bits per heavy atom. The van der Waals surface area contributed by atoms with E-state index in [0.29, 0.717) is 18.4 Å². The fourth-order valence-electron chi connectivity index (χ4n) is 2.59. The summed E-state index contributed by atoms with van der Waals surface area (Å²) in [5.41, 5.74) is 5.24. The number of carbonyl (C=O) groups is 2. The maximum Gasteiger partial charge on any atom is 0.227 e. The Kier molecular flexibility index (Phi) is 4.68. The van der Waals surface area contributed by atoms with E-state index in [9.17, 15) is 9.59 Å². The van der Waals surface area contributed by atoms with Crippen molar-refractivity contribution in [3.8, 4) is 0 Å². The van der Waals surface area contributed by atoms with Crippen molar-refractivity contribution in [3.63, 3.8) is 0 Å². The van der Waals surface area contributed by atoms with Crippen molar-refractivity contribution >= 4 is 11.8 Å². The van der Waals surface area contributed by atoms with Crippen molar-refractivity contribution in [2.24, 2.45) is 17.1 Å². The first-order valence-corrected chi connectivity index (χ1v) is 7.80. The van der Waals surface area contributed by atoms with Gasteiger partial charge in [0.15, 0.2) is 0 Å². The van der Waals surface area contributed by atoms with Gasteiger partial charge in [-0.1, -0.05) is 6.92 Å². The monoisotopic (exact) mass is 281 g/mol. The van der Waals surface area contributed by atoms with Crippen LogP contribution in [0.25, 0.3) is 0 Å². The van der Waals surface area contributed by atoms with Crippen molar-refractivity contribution in [1.82, 2.24) is 10.2 Å². The van der Waals surface area contributed by atoms with Gasteiger partial charge in [0.25, 0.3) is 0 Å². The standard InChI is InChI=1S/C15H27N3O2/c1-3-15(2,10-16)14(20)17-12-6-8-18(9-7-12)13(19)11-4-5-11/h11-12H,3-10,16H2,1-2H3,(H,17,20). The zero-order valence-electron chi connectivity index (χ0n) is 12.7. The molecule has 0 spiro atoms. The normalized spacial score (nSPS) is 23.2. The summed E-state index contributed by atoms with van der Waals surface area (Å²) in [5.74, 6) is 0.659. The molecule has 0 aromatic carbocycles. The number of nitrogens with two attached hydrogens (primary N) is 1. The molecule has 1 saturated heterocycles. The first-order chi connectivity index (χ1) is 9.50. The van der Waals surface area contributed by atoms with Gasteiger partial charge >= 0.3 is 0 Å². The molecule has 1 saturated carbocycles. The van der Waals surface area contributed by atoms with E-state index in [1.54, 1.807) is 0 Å². The molecule has 0 aromatic heterocycles. The van der Waals surface area contributed by atoms with Crippen LogP contribution in [-0.2, 0) is 9.59 Å². The molecule has 3 N–H and O–H groups in total. The highest BCUT2D eigenvalue weighted by Gasteiger charge is 2.36. The maximum atomic E-state index is 12.3. The van der Waals surface area contributed by atoms with E-state index in [2.05, 4.69) is 5.32 Å². The molecule has 1 aliphatic heterocycles. The number of carbonyl (C=O) groups excluding carboxylic acids is 2. The Bertz CT molecular complexity index is 367. The number of hydrogen-bond donors (Lipinski definition) is 2. The van der Waals surface area contributed by atoms with Gasteiger partial charge in [-0.2, -0.15) is 0 Å². The highest BCUT2D eigenvalue weighted by atomic mass is 16.2. The molecular formula is C15H27N3O2. The summed E-state index contributed by atoms with van der Waals surface area (Å²) in [6.45, 7) is 5.81. The van der Waals surface area contributed by atoms with Gasteiger partial charge in [-0.3, -0.25) is 9.59 Å². The van der Waals surface area contributed by atoms with Crippen LogP contribution in [0.2, 0.25) is 0 Å². The summed E-state index contributed by atoms with van der Waals surface area (Å²) >= 11 is 0. The zero-order chi connectivity index (χ0) is 14.8. The summed E-state index contributed by atoms with van der Waals surface area (Å²) < 4.78 is 0. The lowest BCUT2D eigenvalue weighted by Crippen LogP contribution is -2.51. The maximum absolute atomic E-state index is 12.3. The van der Waals surface area contributed by atoms with Gasteiger partial charge in [0, 0.05) is 31.6 Å². The molecule has 2 aliphatic rings. The van der Waals surface area contributed by atoms with E-state index in [-0.39, 0.29) is 11.9 Å². The number of rotatable bonds is 5. The summed E-state index contributed by atoms with van der Waals surface area (Å²) in [5, 5.41) is 3.11. The number of likely N-dealkylation sites (tertiary alicyclic amines) is 1. The van der Waals surface area contributed by atoms with E-state index in [1.165, 1.54) is 0 Å². The molecule has 2 fully saturated rings. The van der Waals surface area contributed by atoms with Gasteiger partial charge in [0.1, 0.15) is 0 Å². The lowest BCUT2D eigenvalue weighted by Gasteiger charge is -2.35. The van der Waals surface area contributed by atoms with Gasteiger partial charge in [0.2, 0.25) is 11.8 Å². The molecule has 1 heterocycles. The molecule has 114 valence electrons. The van der Waals surface area contributed by atoms with Crippen LogP contribution in [0.15, 0.2) is 0 Å². The molecular weight excluding hydrogens is 254 g/mol. The Balaban J connectivity index is 1.79. The fourth-order valence-corrected chi connectivity index (χ4v) is 2.59. The Morgan fingerprint density at radius 1 is 1.25 bits per heavy atom. The molecule has 20 heavy (non-hydrogen) atoms. The molecule has 2 amide bonds. The lowest BCUT2D eigenvalue weighted by molar-refractivity contribution is -0.134. The van der Waals surface area contributed by atoms with E-state index < -0.39 is 5.41 Å². The Morgan fingerprint density at radius 3 is 2.30 bits per heavy atom. The van der Waals surface area contributed by atoms with E-state index in [1.807, 2.05) is 18.7 Å². The average molecular weight is 281 g/mol. The van der Waals surface area contributed by atoms with Gasteiger partial charge in [0.05, 0.1) is 5.41 Å². The molecule has 0 aromatic rings. The van der Waals surface area contributed by atoms with Crippen molar-refractivity contribution in [2.45, 2.75) is 52.0 Å². The number of nitrogens with zero attached hydrogens (tertiary/aromatic N) is 1. The number of hydrogen-bond acceptors (Lipinski definition) is 3. The first kappa shape index (κ1) is 15.3. The van der Waals surface area contributed by atoms with Crippen molar-refractivity contribution in [2.75, 3.05) is 19.6 Å². The average Bonchev–Trinajstić information content (AvgIpc) is 3.31.